The van der Waals surface area contributed by atoms with Gasteiger partial charge in [0.2, 0.25) is 0 Å². The first-order chi connectivity index (χ1) is 7.11. The minimum atomic E-state index is 0.836. The first-order valence-corrected chi connectivity index (χ1v) is 6.76. The molecule has 0 aliphatic heterocycles. The van der Waals surface area contributed by atoms with E-state index in [4.69, 9.17) is 0 Å². The van der Waals surface area contributed by atoms with Gasteiger partial charge in [-0.15, -0.1) is 0 Å². The highest BCUT2D eigenvalue weighted by Crippen LogP contribution is 2.25. The lowest BCUT2D eigenvalue weighted by Crippen LogP contribution is -2.19. The molecule has 0 saturated heterocycles. The zero-order valence-corrected chi connectivity index (χ0v) is 11.5. The normalized spacial score (nSPS) is 15.6. The highest BCUT2D eigenvalue weighted by atomic mass is 14.8. The van der Waals surface area contributed by atoms with Crippen molar-refractivity contribution in [3.8, 4) is 0 Å². The Bertz CT molecular complexity index is 131. The summed E-state index contributed by atoms with van der Waals surface area (Å²) in [6, 6.07) is 0. The van der Waals surface area contributed by atoms with Crippen LogP contribution in [0.4, 0.5) is 0 Å². The molecule has 0 aromatic carbocycles. The van der Waals surface area contributed by atoms with Crippen LogP contribution in [0.25, 0.3) is 0 Å². The van der Waals surface area contributed by atoms with Crippen LogP contribution in [0.3, 0.4) is 0 Å². The van der Waals surface area contributed by atoms with Gasteiger partial charge in [0.15, 0.2) is 0 Å². The molecule has 0 spiro atoms. The monoisotopic (exact) mass is 213 g/mol. The zero-order chi connectivity index (χ0) is 11.7. The van der Waals surface area contributed by atoms with E-state index in [1.807, 2.05) is 0 Å². The zero-order valence-electron chi connectivity index (χ0n) is 11.5. The average Bonchev–Trinajstić information content (AvgIpc) is 2.20. The minimum absolute atomic E-state index is 0.836. The van der Waals surface area contributed by atoms with E-state index in [2.05, 4.69) is 40.1 Å². The maximum absolute atomic E-state index is 3.27. The fraction of sp³-hybridized carbons (Fsp3) is 1.00. The van der Waals surface area contributed by atoms with Gasteiger partial charge in [0.25, 0.3) is 0 Å². The predicted molar refractivity (Wildman–Crippen MR) is 70.2 cm³/mol. The second kappa shape index (κ2) is 9.21. The first kappa shape index (κ1) is 15.0. The Morgan fingerprint density at radius 3 is 2.20 bits per heavy atom. The standard InChI is InChI=1S/C14H31N/c1-6-7-8-13(4)11-14(12(2)3)9-10-15-5/h12-15H,6-11H2,1-5H3. The third-order valence-electron chi connectivity index (χ3n) is 3.46. The molecule has 15 heavy (non-hydrogen) atoms. The van der Waals surface area contributed by atoms with E-state index in [0.717, 1.165) is 17.8 Å². The molecule has 92 valence electrons. The maximum Gasteiger partial charge on any atom is -0.00492 e. The van der Waals surface area contributed by atoms with Crippen LogP contribution >= 0.6 is 0 Å². The van der Waals surface area contributed by atoms with E-state index < -0.39 is 0 Å². The molecule has 1 nitrogen and oxygen atoms in total. The molecule has 0 aromatic heterocycles. The van der Waals surface area contributed by atoms with Crippen molar-refractivity contribution in [2.24, 2.45) is 17.8 Å². The summed E-state index contributed by atoms with van der Waals surface area (Å²) < 4.78 is 0. The number of hydrogen-bond donors (Lipinski definition) is 1. The molecule has 0 rings (SSSR count). The van der Waals surface area contributed by atoms with Crippen LogP contribution in [0.2, 0.25) is 0 Å². The van der Waals surface area contributed by atoms with E-state index in [0.29, 0.717) is 0 Å². The van der Waals surface area contributed by atoms with Crippen LogP contribution in [0, 0.1) is 17.8 Å². The van der Waals surface area contributed by atoms with Crippen molar-refractivity contribution in [3.63, 3.8) is 0 Å². The molecule has 1 N–H and O–H groups in total. The molecule has 2 atom stereocenters. The van der Waals surface area contributed by atoms with Gasteiger partial charge in [-0.05, 0) is 44.2 Å². The van der Waals surface area contributed by atoms with Crippen molar-refractivity contribution in [2.45, 2.75) is 59.8 Å². The largest absolute Gasteiger partial charge is 0.320 e. The van der Waals surface area contributed by atoms with Crippen LogP contribution in [-0.2, 0) is 0 Å². The van der Waals surface area contributed by atoms with E-state index in [1.54, 1.807) is 0 Å². The predicted octanol–water partition coefficient (Wildman–Crippen LogP) is 4.08. The maximum atomic E-state index is 3.27. The van der Waals surface area contributed by atoms with E-state index in [9.17, 15) is 0 Å². The molecule has 0 aromatic rings. The molecule has 0 fully saturated rings. The number of hydrogen-bond acceptors (Lipinski definition) is 1. The molecule has 0 bridgehead atoms. The topological polar surface area (TPSA) is 12.0 Å². The molecule has 0 aliphatic rings. The van der Waals surface area contributed by atoms with Gasteiger partial charge in [0.05, 0.1) is 0 Å². The minimum Gasteiger partial charge on any atom is -0.320 e. The molecule has 1 heteroatoms. The Hall–Kier alpha value is -0.0400. The smallest absolute Gasteiger partial charge is 0.00492 e. The number of unbranched alkanes of at least 4 members (excludes halogenated alkanes) is 1. The SMILES string of the molecule is CCCCC(C)CC(CCNC)C(C)C. The number of rotatable bonds is 9. The van der Waals surface area contributed by atoms with Gasteiger partial charge in [0.1, 0.15) is 0 Å². The lowest BCUT2D eigenvalue weighted by Gasteiger charge is -2.24. The summed E-state index contributed by atoms with van der Waals surface area (Å²) in [5.41, 5.74) is 0. The van der Waals surface area contributed by atoms with Gasteiger partial charge in [-0.1, -0.05) is 47.0 Å². The Balaban J connectivity index is 3.81. The molecule has 0 heterocycles. The van der Waals surface area contributed by atoms with E-state index in [1.165, 1.54) is 38.6 Å². The molecule has 0 amide bonds. The third-order valence-corrected chi connectivity index (χ3v) is 3.46. The fourth-order valence-corrected chi connectivity index (χ4v) is 2.24. The van der Waals surface area contributed by atoms with E-state index >= 15 is 0 Å². The summed E-state index contributed by atoms with van der Waals surface area (Å²) in [5.74, 6) is 2.65. The lowest BCUT2D eigenvalue weighted by molar-refractivity contribution is 0.278. The summed E-state index contributed by atoms with van der Waals surface area (Å²) in [6.07, 6.45) is 6.91. The van der Waals surface area contributed by atoms with Crippen LogP contribution in [0.5, 0.6) is 0 Å². The van der Waals surface area contributed by atoms with Gasteiger partial charge in [0, 0.05) is 0 Å². The fourth-order valence-electron chi connectivity index (χ4n) is 2.24. The second-order valence-electron chi connectivity index (χ2n) is 5.38. The summed E-state index contributed by atoms with van der Waals surface area (Å²) in [5, 5.41) is 3.27. The van der Waals surface area contributed by atoms with E-state index in [-0.39, 0.29) is 0 Å². The summed E-state index contributed by atoms with van der Waals surface area (Å²) in [4.78, 5) is 0. The van der Waals surface area contributed by atoms with Crippen molar-refractivity contribution in [1.82, 2.24) is 5.32 Å². The van der Waals surface area contributed by atoms with Crippen molar-refractivity contribution in [1.29, 1.82) is 0 Å². The summed E-state index contributed by atoms with van der Waals surface area (Å²) in [7, 11) is 2.05. The number of nitrogens with one attached hydrogen (secondary N) is 1. The van der Waals surface area contributed by atoms with Gasteiger partial charge in [-0.25, -0.2) is 0 Å². The van der Waals surface area contributed by atoms with Crippen LogP contribution in [0.15, 0.2) is 0 Å². The third kappa shape index (κ3) is 7.84. The van der Waals surface area contributed by atoms with Gasteiger partial charge in [-0.2, -0.15) is 0 Å². The second-order valence-corrected chi connectivity index (χ2v) is 5.38. The molecule has 0 radical (unpaired) electrons. The summed E-state index contributed by atoms with van der Waals surface area (Å²) in [6.45, 7) is 10.6. The molecule has 0 saturated carbocycles. The molecule has 2 unspecified atom stereocenters. The van der Waals surface area contributed by atoms with Crippen LogP contribution in [-0.4, -0.2) is 13.6 Å². The van der Waals surface area contributed by atoms with Crippen molar-refractivity contribution in [2.75, 3.05) is 13.6 Å². The quantitative estimate of drug-likeness (QED) is 0.608. The van der Waals surface area contributed by atoms with Gasteiger partial charge >= 0.3 is 0 Å². The Morgan fingerprint density at radius 1 is 1.07 bits per heavy atom. The Labute approximate surface area is 97.0 Å². The molecular weight excluding hydrogens is 182 g/mol. The van der Waals surface area contributed by atoms with Gasteiger partial charge < -0.3 is 5.32 Å². The van der Waals surface area contributed by atoms with Crippen molar-refractivity contribution < 1.29 is 0 Å². The van der Waals surface area contributed by atoms with Crippen molar-refractivity contribution >= 4 is 0 Å². The summed E-state index contributed by atoms with van der Waals surface area (Å²) >= 11 is 0. The molecular formula is C14H31N. The average molecular weight is 213 g/mol. The van der Waals surface area contributed by atoms with Crippen LogP contribution < -0.4 is 5.32 Å². The van der Waals surface area contributed by atoms with Gasteiger partial charge in [-0.3, -0.25) is 0 Å². The highest BCUT2D eigenvalue weighted by Gasteiger charge is 2.15. The highest BCUT2D eigenvalue weighted by molar-refractivity contribution is 4.68. The van der Waals surface area contributed by atoms with Crippen LogP contribution in [0.1, 0.15) is 59.8 Å². The first-order valence-electron chi connectivity index (χ1n) is 6.76. The Kier molecular flexibility index (Phi) is 9.18. The Morgan fingerprint density at radius 2 is 1.73 bits per heavy atom. The van der Waals surface area contributed by atoms with Crippen molar-refractivity contribution in [3.05, 3.63) is 0 Å². The molecule has 0 aliphatic carbocycles. The lowest BCUT2D eigenvalue weighted by atomic mass is 9.83.